The van der Waals surface area contributed by atoms with Gasteiger partial charge < -0.3 is 11.1 Å². The van der Waals surface area contributed by atoms with Crippen LogP contribution in [-0.4, -0.2) is 38.3 Å². The van der Waals surface area contributed by atoms with Gasteiger partial charge in [-0.05, 0) is 55.6 Å². The summed E-state index contributed by atoms with van der Waals surface area (Å²) in [6, 6.07) is 6.15. The molecule has 1 aliphatic heterocycles. The number of hydrogen-bond acceptors (Lipinski definition) is 4. The average Bonchev–Trinajstić information content (AvgIpc) is 2.55. The lowest BCUT2D eigenvalue weighted by atomic mass is 9.99. The van der Waals surface area contributed by atoms with E-state index in [4.69, 9.17) is 5.73 Å². The van der Waals surface area contributed by atoms with E-state index in [9.17, 15) is 13.2 Å². The molecule has 0 unspecified atom stereocenters. The second-order valence-corrected chi connectivity index (χ2v) is 7.24. The molecule has 0 atom stereocenters. The van der Waals surface area contributed by atoms with Crippen LogP contribution < -0.4 is 11.1 Å². The highest BCUT2D eigenvalue weighted by Crippen LogP contribution is 2.24. The van der Waals surface area contributed by atoms with Gasteiger partial charge in [0.2, 0.25) is 15.9 Å². The second kappa shape index (κ2) is 7.04. The zero-order valence-electron chi connectivity index (χ0n) is 12.4. The normalized spacial score (nSPS) is 17.1. The Morgan fingerprint density at radius 2 is 1.91 bits per heavy atom. The zero-order valence-corrected chi connectivity index (χ0v) is 13.2. The minimum atomic E-state index is -3.48. The lowest BCUT2D eigenvalue weighted by molar-refractivity contribution is -0.111. The van der Waals surface area contributed by atoms with E-state index in [1.54, 1.807) is 12.1 Å². The highest BCUT2D eigenvalue weighted by atomic mass is 32.2. The van der Waals surface area contributed by atoms with E-state index >= 15 is 0 Å². The molecular weight excluding hydrogens is 302 g/mol. The van der Waals surface area contributed by atoms with Crippen molar-refractivity contribution in [1.82, 2.24) is 4.31 Å². The lowest BCUT2D eigenvalue weighted by Crippen LogP contribution is -2.39. The molecule has 7 heteroatoms. The molecule has 1 saturated heterocycles. The predicted molar refractivity (Wildman–Crippen MR) is 85.8 cm³/mol. The number of nitrogens with two attached hydrogens (primary N) is 1. The Labute approximate surface area is 131 Å². The highest BCUT2D eigenvalue weighted by Gasteiger charge is 2.28. The number of rotatable bonds is 5. The van der Waals surface area contributed by atoms with Crippen LogP contribution in [0.15, 0.2) is 41.8 Å². The van der Waals surface area contributed by atoms with Crippen molar-refractivity contribution in [2.24, 2.45) is 11.7 Å². The molecule has 3 N–H and O–H groups in total. The molecular formula is C15H21N3O3S. The number of benzene rings is 1. The van der Waals surface area contributed by atoms with Gasteiger partial charge in [-0.2, -0.15) is 4.31 Å². The standard InChI is InChI=1S/C15H21N3O3S/c1-2-15(19)17-13-3-5-14(6-4-13)22(20,21)18-9-7-12(11-16)8-10-18/h2-6,12H,1,7-11,16H2,(H,17,19). The number of carbonyl (C=O) groups excluding carboxylic acids is 1. The van der Waals surface area contributed by atoms with E-state index < -0.39 is 10.0 Å². The van der Waals surface area contributed by atoms with Crippen LogP contribution in [0.2, 0.25) is 0 Å². The largest absolute Gasteiger partial charge is 0.330 e. The molecule has 0 aliphatic carbocycles. The van der Waals surface area contributed by atoms with Crippen LogP contribution in [0.4, 0.5) is 5.69 Å². The van der Waals surface area contributed by atoms with Crippen molar-refractivity contribution in [3.8, 4) is 0 Å². The molecule has 1 fully saturated rings. The number of carbonyl (C=O) groups is 1. The third-order valence-electron chi connectivity index (χ3n) is 3.85. The smallest absolute Gasteiger partial charge is 0.247 e. The fraction of sp³-hybridized carbons (Fsp3) is 0.400. The zero-order chi connectivity index (χ0) is 16.2. The molecule has 0 saturated carbocycles. The number of amides is 1. The van der Waals surface area contributed by atoms with Crippen LogP contribution in [-0.2, 0) is 14.8 Å². The monoisotopic (exact) mass is 323 g/mol. The van der Waals surface area contributed by atoms with Gasteiger partial charge in [-0.25, -0.2) is 8.42 Å². The first-order chi connectivity index (χ1) is 10.5. The van der Waals surface area contributed by atoms with E-state index in [0.29, 0.717) is 31.2 Å². The summed E-state index contributed by atoms with van der Waals surface area (Å²) < 4.78 is 26.6. The van der Waals surface area contributed by atoms with E-state index in [1.807, 2.05) is 0 Å². The Balaban J connectivity index is 2.09. The van der Waals surface area contributed by atoms with Crippen molar-refractivity contribution in [3.05, 3.63) is 36.9 Å². The summed E-state index contributed by atoms with van der Waals surface area (Å²) in [5, 5.41) is 2.58. The number of nitrogens with one attached hydrogen (secondary N) is 1. The number of piperidine rings is 1. The molecule has 22 heavy (non-hydrogen) atoms. The minimum Gasteiger partial charge on any atom is -0.330 e. The van der Waals surface area contributed by atoms with Gasteiger partial charge >= 0.3 is 0 Å². The topological polar surface area (TPSA) is 92.5 Å². The summed E-state index contributed by atoms with van der Waals surface area (Å²) in [7, 11) is -3.48. The predicted octanol–water partition coefficient (Wildman–Crippen LogP) is 1.17. The van der Waals surface area contributed by atoms with Crippen LogP contribution in [0, 0.1) is 5.92 Å². The Bertz CT molecular complexity index is 633. The molecule has 6 nitrogen and oxygen atoms in total. The molecule has 1 amide bonds. The maximum absolute atomic E-state index is 12.6. The van der Waals surface area contributed by atoms with Crippen LogP contribution in [0.25, 0.3) is 0 Å². The van der Waals surface area contributed by atoms with Gasteiger partial charge in [-0.15, -0.1) is 0 Å². The second-order valence-electron chi connectivity index (χ2n) is 5.30. The van der Waals surface area contributed by atoms with E-state index in [1.165, 1.54) is 16.4 Å². The number of hydrogen-bond donors (Lipinski definition) is 2. The molecule has 1 aliphatic rings. The molecule has 0 radical (unpaired) electrons. The van der Waals surface area contributed by atoms with Crippen LogP contribution >= 0.6 is 0 Å². The van der Waals surface area contributed by atoms with Crippen molar-refractivity contribution in [2.45, 2.75) is 17.7 Å². The van der Waals surface area contributed by atoms with Gasteiger partial charge in [0.05, 0.1) is 4.90 Å². The van der Waals surface area contributed by atoms with Crippen molar-refractivity contribution in [2.75, 3.05) is 25.0 Å². The molecule has 120 valence electrons. The molecule has 1 aromatic rings. The van der Waals surface area contributed by atoms with Crippen LogP contribution in [0.5, 0.6) is 0 Å². The first-order valence-corrected chi connectivity index (χ1v) is 8.65. The summed E-state index contributed by atoms with van der Waals surface area (Å²) in [4.78, 5) is 11.4. The van der Waals surface area contributed by atoms with Crippen LogP contribution in [0.3, 0.4) is 0 Å². The van der Waals surface area contributed by atoms with Crippen molar-refractivity contribution >= 4 is 21.6 Å². The molecule has 0 spiro atoms. The minimum absolute atomic E-state index is 0.232. The van der Waals surface area contributed by atoms with E-state index in [0.717, 1.165) is 18.9 Å². The number of anilines is 1. The van der Waals surface area contributed by atoms with Crippen molar-refractivity contribution in [3.63, 3.8) is 0 Å². The Morgan fingerprint density at radius 3 is 2.41 bits per heavy atom. The van der Waals surface area contributed by atoms with Gasteiger partial charge in [-0.3, -0.25) is 4.79 Å². The third kappa shape index (κ3) is 3.73. The Morgan fingerprint density at radius 1 is 1.32 bits per heavy atom. The highest BCUT2D eigenvalue weighted by molar-refractivity contribution is 7.89. The van der Waals surface area contributed by atoms with E-state index in [-0.39, 0.29) is 10.8 Å². The van der Waals surface area contributed by atoms with Gasteiger partial charge in [0.15, 0.2) is 0 Å². The molecule has 1 aromatic carbocycles. The lowest BCUT2D eigenvalue weighted by Gasteiger charge is -2.30. The third-order valence-corrected chi connectivity index (χ3v) is 5.76. The summed E-state index contributed by atoms with van der Waals surface area (Å²) in [5.41, 5.74) is 6.16. The van der Waals surface area contributed by atoms with Gasteiger partial charge in [0, 0.05) is 18.8 Å². The fourth-order valence-electron chi connectivity index (χ4n) is 2.44. The SMILES string of the molecule is C=CC(=O)Nc1ccc(S(=O)(=O)N2CCC(CN)CC2)cc1. The van der Waals surface area contributed by atoms with Gasteiger partial charge in [0.25, 0.3) is 0 Å². The van der Waals surface area contributed by atoms with Crippen molar-refractivity contribution < 1.29 is 13.2 Å². The quantitative estimate of drug-likeness (QED) is 0.796. The average molecular weight is 323 g/mol. The molecule has 1 heterocycles. The van der Waals surface area contributed by atoms with Crippen molar-refractivity contribution in [1.29, 1.82) is 0 Å². The maximum atomic E-state index is 12.6. The Hall–Kier alpha value is -1.70. The fourth-order valence-corrected chi connectivity index (χ4v) is 3.91. The van der Waals surface area contributed by atoms with E-state index in [2.05, 4.69) is 11.9 Å². The Kier molecular flexibility index (Phi) is 5.33. The number of sulfonamides is 1. The molecule has 2 rings (SSSR count). The summed E-state index contributed by atoms with van der Waals surface area (Å²) >= 11 is 0. The van der Waals surface area contributed by atoms with Gasteiger partial charge in [-0.1, -0.05) is 6.58 Å². The van der Waals surface area contributed by atoms with Gasteiger partial charge in [0.1, 0.15) is 0 Å². The molecule has 0 bridgehead atoms. The van der Waals surface area contributed by atoms with Crippen LogP contribution in [0.1, 0.15) is 12.8 Å². The first kappa shape index (κ1) is 16.7. The summed E-state index contributed by atoms with van der Waals surface area (Å²) in [6.07, 6.45) is 2.75. The molecule has 0 aromatic heterocycles. The number of nitrogens with zero attached hydrogens (tertiary/aromatic N) is 1. The maximum Gasteiger partial charge on any atom is 0.247 e. The summed E-state index contributed by atoms with van der Waals surface area (Å²) in [5.74, 6) is 0.0717. The first-order valence-electron chi connectivity index (χ1n) is 7.21. The summed E-state index contributed by atoms with van der Waals surface area (Å²) in [6.45, 7) is 4.97.